The molecule has 0 aliphatic heterocycles. The Labute approximate surface area is 204 Å². The molecule has 0 saturated heterocycles. The maximum atomic E-state index is 14.9. The van der Waals surface area contributed by atoms with Crippen molar-refractivity contribution in [1.29, 1.82) is 0 Å². The van der Waals surface area contributed by atoms with E-state index in [2.05, 4.69) is 10.3 Å². The summed E-state index contributed by atoms with van der Waals surface area (Å²) in [6, 6.07) is 9.66. The summed E-state index contributed by atoms with van der Waals surface area (Å²) < 4.78 is 26.1. The number of aryl methyl sites for hydroxylation is 1. The standard InChI is InChI=1S/C27H30FN3O4/c1-4-34-12-11-30-27(33)20-16-21-23(13-17(20)2)29-10-9-25(21)35-19-7-8-24(22(28)15-19)31(3)26(32)14-18-5-6-18/h7-10,13,15-16,18H,4-6,11-12,14H2,1-3H3,(H,30,33). The van der Waals surface area contributed by atoms with Crippen molar-refractivity contribution >= 4 is 28.4 Å². The normalized spacial score (nSPS) is 13.0. The molecule has 0 radical (unpaired) electrons. The monoisotopic (exact) mass is 479 g/mol. The molecule has 35 heavy (non-hydrogen) atoms. The van der Waals surface area contributed by atoms with Crippen LogP contribution in [-0.2, 0) is 9.53 Å². The molecule has 2 aromatic carbocycles. The highest BCUT2D eigenvalue weighted by Gasteiger charge is 2.27. The van der Waals surface area contributed by atoms with Gasteiger partial charge < -0.3 is 19.7 Å². The van der Waals surface area contributed by atoms with Crippen molar-refractivity contribution in [2.75, 3.05) is 31.7 Å². The van der Waals surface area contributed by atoms with Gasteiger partial charge in [0.05, 0.1) is 17.8 Å². The SMILES string of the molecule is CCOCCNC(=O)c1cc2c(Oc3ccc(N(C)C(=O)CC4CC4)c(F)c3)ccnc2cc1C. The zero-order valence-electron chi connectivity index (χ0n) is 20.3. The molecule has 2 amide bonds. The van der Waals surface area contributed by atoms with Crippen LogP contribution in [0.2, 0.25) is 0 Å². The van der Waals surface area contributed by atoms with E-state index in [4.69, 9.17) is 9.47 Å². The maximum absolute atomic E-state index is 14.9. The van der Waals surface area contributed by atoms with Crippen molar-refractivity contribution in [3.8, 4) is 11.5 Å². The topological polar surface area (TPSA) is 80.8 Å². The largest absolute Gasteiger partial charge is 0.456 e. The van der Waals surface area contributed by atoms with Gasteiger partial charge in [0, 0.05) is 49.8 Å². The molecule has 3 aromatic rings. The smallest absolute Gasteiger partial charge is 0.251 e. The summed E-state index contributed by atoms with van der Waals surface area (Å²) in [5.74, 6) is 0.304. The van der Waals surface area contributed by atoms with Crippen molar-refractivity contribution in [1.82, 2.24) is 10.3 Å². The Kier molecular flexibility index (Phi) is 7.60. The number of benzene rings is 2. The number of hydrogen-bond donors (Lipinski definition) is 1. The molecule has 8 heteroatoms. The molecule has 4 rings (SSSR count). The van der Waals surface area contributed by atoms with Gasteiger partial charge in [-0.2, -0.15) is 0 Å². The number of nitrogens with one attached hydrogen (secondary N) is 1. The van der Waals surface area contributed by atoms with Crippen LogP contribution in [0.4, 0.5) is 10.1 Å². The molecular weight excluding hydrogens is 449 g/mol. The second kappa shape index (κ2) is 10.8. The summed E-state index contributed by atoms with van der Waals surface area (Å²) in [5.41, 5.74) is 2.16. The number of rotatable bonds is 10. The summed E-state index contributed by atoms with van der Waals surface area (Å²) >= 11 is 0. The number of halogens is 1. The van der Waals surface area contributed by atoms with Crippen molar-refractivity contribution in [2.45, 2.75) is 33.1 Å². The third kappa shape index (κ3) is 5.95. The lowest BCUT2D eigenvalue weighted by molar-refractivity contribution is -0.118. The predicted octanol–water partition coefficient (Wildman–Crippen LogP) is 5.00. The van der Waals surface area contributed by atoms with E-state index in [9.17, 15) is 14.0 Å². The van der Waals surface area contributed by atoms with Gasteiger partial charge in [-0.05, 0) is 68.5 Å². The lowest BCUT2D eigenvalue weighted by Gasteiger charge is -2.19. The van der Waals surface area contributed by atoms with E-state index in [0.717, 1.165) is 18.4 Å². The average Bonchev–Trinajstić information content (AvgIpc) is 3.65. The van der Waals surface area contributed by atoms with Gasteiger partial charge in [-0.3, -0.25) is 14.6 Å². The van der Waals surface area contributed by atoms with Gasteiger partial charge in [-0.25, -0.2) is 4.39 Å². The summed E-state index contributed by atoms with van der Waals surface area (Å²) in [7, 11) is 1.59. The molecule has 0 atom stereocenters. The third-order valence-electron chi connectivity index (χ3n) is 6.07. The molecule has 1 aliphatic carbocycles. The van der Waals surface area contributed by atoms with Crippen molar-refractivity contribution in [2.24, 2.45) is 5.92 Å². The Balaban J connectivity index is 1.55. The van der Waals surface area contributed by atoms with Crippen LogP contribution in [0.15, 0.2) is 42.6 Å². The second-order valence-electron chi connectivity index (χ2n) is 8.76. The van der Waals surface area contributed by atoms with Crippen LogP contribution in [0.1, 0.15) is 42.1 Å². The van der Waals surface area contributed by atoms with Crippen LogP contribution in [0.3, 0.4) is 0 Å². The molecule has 0 spiro atoms. The van der Waals surface area contributed by atoms with E-state index >= 15 is 0 Å². The van der Waals surface area contributed by atoms with Crippen LogP contribution < -0.4 is 15.0 Å². The van der Waals surface area contributed by atoms with Gasteiger partial charge >= 0.3 is 0 Å². The van der Waals surface area contributed by atoms with Crippen LogP contribution in [0.25, 0.3) is 10.9 Å². The highest BCUT2D eigenvalue weighted by molar-refractivity contribution is 6.00. The van der Waals surface area contributed by atoms with Gasteiger partial charge in [0.15, 0.2) is 5.82 Å². The predicted molar refractivity (Wildman–Crippen MR) is 133 cm³/mol. The Morgan fingerprint density at radius 2 is 2.00 bits per heavy atom. The molecule has 7 nitrogen and oxygen atoms in total. The van der Waals surface area contributed by atoms with E-state index in [-0.39, 0.29) is 23.3 Å². The Hall–Kier alpha value is -3.52. The highest BCUT2D eigenvalue weighted by atomic mass is 19.1. The quantitative estimate of drug-likeness (QED) is 0.414. The van der Waals surface area contributed by atoms with Crippen molar-refractivity contribution in [3.63, 3.8) is 0 Å². The van der Waals surface area contributed by atoms with Gasteiger partial charge in [-0.1, -0.05) is 0 Å². The number of fused-ring (bicyclic) bond motifs is 1. The molecule has 1 aliphatic rings. The van der Waals surface area contributed by atoms with Gasteiger partial charge in [-0.15, -0.1) is 0 Å². The number of aromatic nitrogens is 1. The molecule has 1 fully saturated rings. The first-order valence-corrected chi connectivity index (χ1v) is 11.9. The first kappa shape index (κ1) is 24.6. The van der Waals surface area contributed by atoms with E-state index in [1.165, 1.54) is 11.0 Å². The van der Waals surface area contributed by atoms with E-state index in [0.29, 0.717) is 54.3 Å². The fourth-order valence-corrected chi connectivity index (χ4v) is 3.87. The van der Waals surface area contributed by atoms with E-state index in [1.54, 1.807) is 37.5 Å². The van der Waals surface area contributed by atoms with Crippen molar-refractivity contribution in [3.05, 3.63) is 59.5 Å². The van der Waals surface area contributed by atoms with Gasteiger partial charge in [0.2, 0.25) is 5.91 Å². The van der Waals surface area contributed by atoms with Gasteiger partial charge in [0.25, 0.3) is 5.91 Å². The number of amides is 2. The minimum Gasteiger partial charge on any atom is -0.456 e. The summed E-state index contributed by atoms with van der Waals surface area (Å²) in [5, 5.41) is 3.48. The second-order valence-corrected chi connectivity index (χ2v) is 8.76. The van der Waals surface area contributed by atoms with E-state index < -0.39 is 5.82 Å². The zero-order chi connectivity index (χ0) is 24.9. The Bertz CT molecular complexity index is 1240. The summed E-state index contributed by atoms with van der Waals surface area (Å²) in [4.78, 5) is 30.8. The number of pyridine rings is 1. The fourth-order valence-electron chi connectivity index (χ4n) is 3.87. The van der Waals surface area contributed by atoms with Crippen molar-refractivity contribution < 1.29 is 23.5 Å². The Morgan fingerprint density at radius 3 is 2.71 bits per heavy atom. The first-order valence-electron chi connectivity index (χ1n) is 11.9. The minimum absolute atomic E-state index is 0.0948. The number of ether oxygens (including phenoxy) is 2. The molecule has 1 saturated carbocycles. The summed E-state index contributed by atoms with van der Waals surface area (Å²) in [6.07, 6.45) is 4.17. The molecule has 1 N–H and O–H groups in total. The number of carbonyl (C=O) groups is 2. The number of nitrogens with zero attached hydrogens (tertiary/aromatic N) is 2. The molecular formula is C27H30FN3O4. The lowest BCUT2D eigenvalue weighted by Crippen LogP contribution is -2.27. The maximum Gasteiger partial charge on any atom is 0.251 e. The van der Waals surface area contributed by atoms with Crippen LogP contribution in [0.5, 0.6) is 11.5 Å². The molecule has 184 valence electrons. The third-order valence-corrected chi connectivity index (χ3v) is 6.07. The van der Waals surface area contributed by atoms with Crippen LogP contribution in [-0.4, -0.2) is 43.6 Å². The van der Waals surface area contributed by atoms with Crippen LogP contribution in [0, 0.1) is 18.7 Å². The number of hydrogen-bond acceptors (Lipinski definition) is 5. The average molecular weight is 480 g/mol. The van der Waals surface area contributed by atoms with Gasteiger partial charge in [0.1, 0.15) is 11.5 Å². The van der Waals surface area contributed by atoms with Crippen LogP contribution >= 0.6 is 0 Å². The lowest BCUT2D eigenvalue weighted by atomic mass is 10.0. The highest BCUT2D eigenvalue weighted by Crippen LogP contribution is 2.35. The molecule has 1 heterocycles. The summed E-state index contributed by atoms with van der Waals surface area (Å²) in [6.45, 7) is 5.18. The fraction of sp³-hybridized carbons (Fsp3) is 0.370. The Morgan fingerprint density at radius 1 is 1.20 bits per heavy atom. The number of carbonyl (C=O) groups excluding carboxylic acids is 2. The number of anilines is 1. The van der Waals surface area contributed by atoms with E-state index in [1.807, 2.05) is 19.9 Å². The molecule has 0 bridgehead atoms. The minimum atomic E-state index is -0.544. The molecule has 0 unspecified atom stereocenters. The zero-order valence-corrected chi connectivity index (χ0v) is 20.3. The molecule has 1 aromatic heterocycles. The first-order chi connectivity index (χ1) is 16.9.